The predicted molar refractivity (Wildman–Crippen MR) is 69.1 cm³/mol. The van der Waals surface area contributed by atoms with Crippen LogP contribution in [0.5, 0.6) is 0 Å². The highest BCUT2D eigenvalue weighted by molar-refractivity contribution is 5.79. The summed E-state index contributed by atoms with van der Waals surface area (Å²) in [6, 6.07) is 1.96. The summed E-state index contributed by atoms with van der Waals surface area (Å²) in [6.07, 6.45) is 0. The minimum absolute atomic E-state index is 0.0314. The fourth-order valence-corrected chi connectivity index (χ4v) is 2.08. The second-order valence-corrected chi connectivity index (χ2v) is 4.56. The van der Waals surface area contributed by atoms with Crippen LogP contribution in [-0.2, 0) is 6.54 Å². The highest BCUT2D eigenvalue weighted by atomic mass is 19.1. The quantitative estimate of drug-likeness (QED) is 0.782. The normalized spacial score (nSPS) is 11.4. The predicted octanol–water partition coefficient (Wildman–Crippen LogP) is 2.55. The number of oxazole rings is 1. The average molecular weight is 278 g/mol. The Labute approximate surface area is 113 Å². The third kappa shape index (κ3) is 1.91. The Morgan fingerprint density at radius 2 is 2.00 bits per heavy atom. The van der Waals surface area contributed by atoms with Crippen LogP contribution in [0.25, 0.3) is 11.0 Å². The summed E-state index contributed by atoms with van der Waals surface area (Å²) < 4.78 is 33.9. The van der Waals surface area contributed by atoms with E-state index >= 15 is 0 Å². The zero-order valence-corrected chi connectivity index (χ0v) is 10.9. The first kappa shape index (κ1) is 12.6. The monoisotopic (exact) mass is 278 g/mol. The van der Waals surface area contributed by atoms with E-state index in [4.69, 9.17) is 10.2 Å². The molecule has 0 amide bonds. The van der Waals surface area contributed by atoms with Gasteiger partial charge in [0.2, 0.25) is 11.8 Å². The van der Waals surface area contributed by atoms with Gasteiger partial charge in [0.05, 0.1) is 11.2 Å². The minimum Gasteiger partial charge on any atom is -0.444 e. The Hall–Kier alpha value is -2.44. The molecule has 0 aliphatic heterocycles. The third-order valence-electron chi connectivity index (χ3n) is 3.17. The molecule has 7 heteroatoms. The van der Waals surface area contributed by atoms with Gasteiger partial charge < -0.3 is 14.7 Å². The number of nitrogen functional groups attached to an aromatic ring is 1. The smallest absolute Gasteiger partial charge is 0.214 e. The van der Waals surface area contributed by atoms with Crippen molar-refractivity contribution in [1.29, 1.82) is 0 Å². The van der Waals surface area contributed by atoms with Crippen molar-refractivity contribution in [2.24, 2.45) is 0 Å². The van der Waals surface area contributed by atoms with Gasteiger partial charge in [-0.05, 0) is 13.8 Å². The van der Waals surface area contributed by atoms with Gasteiger partial charge in [-0.15, -0.1) is 0 Å². The molecule has 0 radical (unpaired) electrons. The molecule has 3 aromatic rings. The molecule has 3 rings (SSSR count). The molecule has 0 atom stereocenters. The standard InChI is InChI=1S/C13H12F2N4O/c1-6-7(2)20-11(17-6)5-19-10-4-8(14)3-9(15)12(10)18-13(19)16/h3-4H,5H2,1-2H3,(H2,16,18). The number of imidazole rings is 1. The molecule has 20 heavy (non-hydrogen) atoms. The zero-order valence-electron chi connectivity index (χ0n) is 10.9. The van der Waals surface area contributed by atoms with E-state index in [1.54, 1.807) is 6.92 Å². The van der Waals surface area contributed by atoms with Crippen molar-refractivity contribution in [3.05, 3.63) is 41.1 Å². The third-order valence-corrected chi connectivity index (χ3v) is 3.17. The highest BCUT2D eigenvalue weighted by Gasteiger charge is 2.16. The summed E-state index contributed by atoms with van der Waals surface area (Å²) in [4.78, 5) is 8.13. The Morgan fingerprint density at radius 1 is 1.25 bits per heavy atom. The molecule has 1 aromatic carbocycles. The SMILES string of the molecule is Cc1nc(Cn2c(N)nc3c(F)cc(F)cc32)oc1C. The van der Waals surface area contributed by atoms with Crippen LogP contribution in [0.3, 0.4) is 0 Å². The Bertz CT molecular complexity index is 787. The maximum absolute atomic E-state index is 13.6. The molecule has 0 unspecified atom stereocenters. The van der Waals surface area contributed by atoms with Crippen molar-refractivity contribution in [3.8, 4) is 0 Å². The van der Waals surface area contributed by atoms with Gasteiger partial charge in [-0.1, -0.05) is 0 Å². The highest BCUT2D eigenvalue weighted by Crippen LogP contribution is 2.23. The average Bonchev–Trinajstić information content (AvgIpc) is 2.83. The van der Waals surface area contributed by atoms with Crippen LogP contribution in [0.1, 0.15) is 17.3 Å². The van der Waals surface area contributed by atoms with E-state index in [1.165, 1.54) is 10.6 Å². The summed E-state index contributed by atoms with van der Waals surface area (Å²) >= 11 is 0. The molecule has 2 aromatic heterocycles. The second kappa shape index (κ2) is 4.29. The Balaban J connectivity index is 2.13. The molecule has 0 saturated heterocycles. The molecule has 5 nitrogen and oxygen atoms in total. The van der Waals surface area contributed by atoms with E-state index < -0.39 is 11.6 Å². The van der Waals surface area contributed by atoms with Gasteiger partial charge in [-0.3, -0.25) is 0 Å². The molecule has 0 saturated carbocycles. The van der Waals surface area contributed by atoms with Crippen LogP contribution in [-0.4, -0.2) is 14.5 Å². The van der Waals surface area contributed by atoms with Gasteiger partial charge in [0, 0.05) is 12.1 Å². The van der Waals surface area contributed by atoms with E-state index in [1.807, 2.05) is 6.92 Å². The fourth-order valence-electron chi connectivity index (χ4n) is 2.08. The molecule has 0 fully saturated rings. The number of anilines is 1. The molecular formula is C13H12F2N4O. The van der Waals surface area contributed by atoms with Crippen molar-refractivity contribution < 1.29 is 13.2 Å². The lowest BCUT2D eigenvalue weighted by Gasteiger charge is -2.03. The lowest BCUT2D eigenvalue weighted by molar-refractivity contribution is 0.460. The number of nitrogens with two attached hydrogens (primary N) is 1. The number of rotatable bonds is 2. The van der Waals surface area contributed by atoms with Crippen molar-refractivity contribution in [2.75, 3.05) is 5.73 Å². The topological polar surface area (TPSA) is 69.9 Å². The van der Waals surface area contributed by atoms with E-state index in [0.29, 0.717) is 11.7 Å². The molecular weight excluding hydrogens is 266 g/mol. The molecule has 0 aliphatic carbocycles. The zero-order chi connectivity index (χ0) is 14.4. The maximum Gasteiger partial charge on any atom is 0.214 e. The second-order valence-electron chi connectivity index (χ2n) is 4.56. The number of aryl methyl sites for hydroxylation is 2. The van der Waals surface area contributed by atoms with Gasteiger partial charge in [-0.25, -0.2) is 18.7 Å². The van der Waals surface area contributed by atoms with E-state index in [9.17, 15) is 8.78 Å². The van der Waals surface area contributed by atoms with Crippen molar-refractivity contribution in [3.63, 3.8) is 0 Å². The van der Waals surface area contributed by atoms with Crippen molar-refractivity contribution in [1.82, 2.24) is 14.5 Å². The summed E-state index contributed by atoms with van der Waals surface area (Å²) in [5.74, 6) is -0.241. The number of hydrogen-bond acceptors (Lipinski definition) is 4. The minimum atomic E-state index is -0.745. The van der Waals surface area contributed by atoms with Crippen molar-refractivity contribution in [2.45, 2.75) is 20.4 Å². The van der Waals surface area contributed by atoms with Crippen LogP contribution in [0.4, 0.5) is 14.7 Å². The molecule has 0 bridgehead atoms. The van der Waals surface area contributed by atoms with Crippen LogP contribution in [0, 0.1) is 25.5 Å². The molecule has 0 aliphatic rings. The number of fused-ring (bicyclic) bond motifs is 1. The largest absolute Gasteiger partial charge is 0.444 e. The molecule has 2 heterocycles. The summed E-state index contributed by atoms with van der Waals surface area (Å²) in [5.41, 5.74) is 6.83. The van der Waals surface area contributed by atoms with Crippen LogP contribution < -0.4 is 5.73 Å². The summed E-state index contributed by atoms with van der Waals surface area (Å²) in [7, 11) is 0. The number of benzene rings is 1. The maximum atomic E-state index is 13.6. The molecule has 104 valence electrons. The Morgan fingerprint density at radius 3 is 2.65 bits per heavy atom. The first-order valence-corrected chi connectivity index (χ1v) is 5.99. The number of nitrogens with zero attached hydrogens (tertiary/aromatic N) is 3. The van der Waals surface area contributed by atoms with Crippen LogP contribution >= 0.6 is 0 Å². The Kier molecular flexibility index (Phi) is 2.70. The van der Waals surface area contributed by atoms with E-state index in [2.05, 4.69) is 9.97 Å². The molecule has 2 N–H and O–H groups in total. The summed E-state index contributed by atoms with van der Waals surface area (Å²) in [6.45, 7) is 3.78. The molecule has 0 spiro atoms. The lowest BCUT2D eigenvalue weighted by atomic mass is 10.3. The first-order chi connectivity index (χ1) is 9.45. The van der Waals surface area contributed by atoms with Crippen LogP contribution in [0.15, 0.2) is 16.5 Å². The fraction of sp³-hybridized carbons (Fsp3) is 0.231. The van der Waals surface area contributed by atoms with E-state index in [0.717, 1.165) is 11.8 Å². The summed E-state index contributed by atoms with van der Waals surface area (Å²) in [5, 5.41) is 0. The van der Waals surface area contributed by atoms with Gasteiger partial charge in [0.15, 0.2) is 5.82 Å². The van der Waals surface area contributed by atoms with Gasteiger partial charge in [0.1, 0.15) is 23.6 Å². The van der Waals surface area contributed by atoms with Crippen LogP contribution in [0.2, 0.25) is 0 Å². The number of halogens is 2. The van der Waals surface area contributed by atoms with Crippen molar-refractivity contribution >= 4 is 17.0 Å². The lowest BCUT2D eigenvalue weighted by Crippen LogP contribution is -2.05. The first-order valence-electron chi connectivity index (χ1n) is 5.99. The number of hydrogen-bond donors (Lipinski definition) is 1. The number of aromatic nitrogens is 3. The van der Waals surface area contributed by atoms with Gasteiger partial charge >= 0.3 is 0 Å². The van der Waals surface area contributed by atoms with E-state index in [-0.39, 0.29) is 23.5 Å². The van der Waals surface area contributed by atoms with Gasteiger partial charge in [0.25, 0.3) is 0 Å². The van der Waals surface area contributed by atoms with Gasteiger partial charge in [-0.2, -0.15) is 0 Å².